The van der Waals surface area contributed by atoms with Gasteiger partial charge in [0, 0.05) is 10.6 Å². The van der Waals surface area contributed by atoms with Gasteiger partial charge in [0.25, 0.3) is 5.56 Å². The molecule has 39 heavy (non-hydrogen) atoms. The van der Waals surface area contributed by atoms with Crippen LogP contribution in [0.2, 0.25) is 0 Å². The van der Waals surface area contributed by atoms with E-state index in [9.17, 15) is 9.59 Å². The van der Waals surface area contributed by atoms with Gasteiger partial charge in [-0.05, 0) is 84.5 Å². The van der Waals surface area contributed by atoms with Crippen LogP contribution in [0.4, 0.5) is 5.69 Å². The Morgan fingerprint density at radius 2 is 1.97 bits per heavy atom. The Morgan fingerprint density at radius 3 is 2.67 bits per heavy atom. The van der Waals surface area contributed by atoms with Crippen molar-refractivity contribution in [2.45, 2.75) is 58.5 Å². The van der Waals surface area contributed by atoms with Crippen LogP contribution in [0.3, 0.4) is 0 Å². The summed E-state index contributed by atoms with van der Waals surface area (Å²) < 4.78 is 6.98. The molecule has 2 aromatic heterocycles. The molecule has 0 aliphatic heterocycles. The molecule has 0 radical (unpaired) electrons. The van der Waals surface area contributed by atoms with Crippen LogP contribution >= 0.6 is 23.1 Å². The highest BCUT2D eigenvalue weighted by Crippen LogP contribution is 2.42. The van der Waals surface area contributed by atoms with Gasteiger partial charge in [-0.3, -0.25) is 14.2 Å². The lowest BCUT2D eigenvalue weighted by Gasteiger charge is -2.33. The van der Waals surface area contributed by atoms with E-state index >= 15 is 0 Å². The number of carbonyl (C=O) groups is 1. The van der Waals surface area contributed by atoms with Gasteiger partial charge in [-0.2, -0.15) is 0 Å². The molecule has 0 fully saturated rings. The lowest BCUT2D eigenvalue weighted by molar-refractivity contribution is -0.113. The summed E-state index contributed by atoms with van der Waals surface area (Å²) in [5.41, 5.74) is 3.94. The number of ether oxygens (including phenoxy) is 1. The number of methoxy groups -OCH3 is 1. The van der Waals surface area contributed by atoms with Gasteiger partial charge in [0.15, 0.2) is 5.16 Å². The van der Waals surface area contributed by atoms with E-state index < -0.39 is 0 Å². The second-order valence-electron chi connectivity index (χ2n) is 11.1. The minimum Gasteiger partial charge on any atom is -0.497 e. The van der Waals surface area contributed by atoms with Gasteiger partial charge in [0.05, 0.1) is 23.9 Å². The number of thioether (sulfide) groups is 1. The number of amides is 1. The van der Waals surface area contributed by atoms with Gasteiger partial charge in [0.2, 0.25) is 5.91 Å². The van der Waals surface area contributed by atoms with Crippen molar-refractivity contribution in [1.82, 2.24) is 9.55 Å². The Balaban J connectivity index is 1.51. The predicted molar refractivity (Wildman–Crippen MR) is 162 cm³/mol. The van der Waals surface area contributed by atoms with Crippen molar-refractivity contribution in [1.29, 1.82) is 0 Å². The van der Waals surface area contributed by atoms with Crippen LogP contribution < -0.4 is 15.6 Å². The molecule has 1 atom stereocenters. The van der Waals surface area contributed by atoms with E-state index in [1.165, 1.54) is 16.6 Å². The molecular formula is C31H35N3O3S2. The molecule has 1 N–H and O–H groups in total. The van der Waals surface area contributed by atoms with Gasteiger partial charge in [-0.1, -0.05) is 51.6 Å². The molecule has 1 aliphatic carbocycles. The van der Waals surface area contributed by atoms with E-state index in [2.05, 4.69) is 33.0 Å². The van der Waals surface area contributed by atoms with Gasteiger partial charge in [-0.25, -0.2) is 4.98 Å². The number of hydrogen-bond donors (Lipinski definition) is 1. The maximum Gasteiger partial charge on any atom is 0.267 e. The average Bonchev–Trinajstić information content (AvgIpc) is 3.29. The summed E-state index contributed by atoms with van der Waals surface area (Å²) >= 11 is 2.92. The van der Waals surface area contributed by atoms with E-state index in [-0.39, 0.29) is 22.6 Å². The Bertz CT molecular complexity index is 1570. The first-order chi connectivity index (χ1) is 18.7. The molecule has 0 saturated heterocycles. The van der Waals surface area contributed by atoms with Crippen molar-refractivity contribution < 1.29 is 9.53 Å². The monoisotopic (exact) mass is 561 g/mol. The van der Waals surface area contributed by atoms with E-state index in [0.717, 1.165) is 52.7 Å². The summed E-state index contributed by atoms with van der Waals surface area (Å²) in [6.45, 7) is 8.97. The highest BCUT2D eigenvalue weighted by molar-refractivity contribution is 7.99. The zero-order valence-electron chi connectivity index (χ0n) is 23.2. The molecule has 5 rings (SSSR count). The fourth-order valence-electron chi connectivity index (χ4n) is 5.20. The van der Waals surface area contributed by atoms with Crippen LogP contribution in [-0.2, 0) is 24.1 Å². The van der Waals surface area contributed by atoms with Crippen molar-refractivity contribution in [3.63, 3.8) is 0 Å². The van der Waals surface area contributed by atoms with E-state index in [4.69, 9.17) is 9.72 Å². The van der Waals surface area contributed by atoms with Gasteiger partial charge < -0.3 is 10.1 Å². The van der Waals surface area contributed by atoms with E-state index in [1.807, 2.05) is 48.5 Å². The smallest absolute Gasteiger partial charge is 0.267 e. The van der Waals surface area contributed by atoms with Crippen molar-refractivity contribution in [3.05, 3.63) is 74.9 Å². The average molecular weight is 562 g/mol. The standard InChI is InChI=1S/C31H35N3O3S2/c1-6-19-8-7-9-21(16-19)32-26(35)18-38-30-33-28-27(24-15-10-20(31(2,3)4)17-25(24)39-28)29(36)34(30)22-11-13-23(37-5)14-12-22/h7-9,11-14,16,20H,6,10,15,17-18H2,1-5H3,(H,32,35)/t20-/m0/s1. The number of benzene rings is 2. The third kappa shape index (κ3) is 5.77. The minimum atomic E-state index is -0.137. The molecule has 204 valence electrons. The van der Waals surface area contributed by atoms with E-state index in [0.29, 0.717) is 22.5 Å². The normalized spacial score (nSPS) is 15.3. The van der Waals surface area contributed by atoms with Crippen molar-refractivity contribution in [2.75, 3.05) is 18.2 Å². The zero-order valence-corrected chi connectivity index (χ0v) is 24.8. The Hall–Kier alpha value is -3.10. The van der Waals surface area contributed by atoms with Crippen LogP contribution in [0, 0.1) is 11.3 Å². The summed E-state index contributed by atoms with van der Waals surface area (Å²) in [6, 6.07) is 15.3. The van der Waals surface area contributed by atoms with Gasteiger partial charge >= 0.3 is 0 Å². The molecular weight excluding hydrogens is 526 g/mol. The quantitative estimate of drug-likeness (QED) is 0.196. The summed E-state index contributed by atoms with van der Waals surface area (Å²) in [5.74, 6) is 1.29. The second-order valence-corrected chi connectivity index (χ2v) is 13.1. The first-order valence-corrected chi connectivity index (χ1v) is 15.2. The molecule has 2 aromatic carbocycles. The summed E-state index contributed by atoms with van der Waals surface area (Å²) in [4.78, 5) is 34.0. The Kier molecular flexibility index (Phi) is 7.87. The Morgan fingerprint density at radius 1 is 1.21 bits per heavy atom. The number of nitrogens with one attached hydrogen (secondary N) is 1. The number of aromatic nitrogens is 2. The third-order valence-corrected chi connectivity index (χ3v) is 9.65. The third-order valence-electron chi connectivity index (χ3n) is 7.56. The van der Waals surface area contributed by atoms with Crippen molar-refractivity contribution in [2.24, 2.45) is 11.3 Å². The van der Waals surface area contributed by atoms with Crippen molar-refractivity contribution >= 4 is 44.9 Å². The number of carbonyl (C=O) groups excluding carboxylic acids is 1. The van der Waals surface area contributed by atoms with Crippen LogP contribution in [-0.4, -0.2) is 28.3 Å². The summed E-state index contributed by atoms with van der Waals surface area (Å²) in [5, 5.41) is 4.22. The highest BCUT2D eigenvalue weighted by Gasteiger charge is 2.32. The van der Waals surface area contributed by atoms with Crippen LogP contribution in [0.15, 0.2) is 58.5 Å². The molecule has 0 unspecified atom stereocenters. The summed E-state index contributed by atoms with van der Waals surface area (Å²) in [7, 11) is 1.62. The van der Waals surface area contributed by atoms with E-state index in [1.54, 1.807) is 23.0 Å². The zero-order chi connectivity index (χ0) is 27.7. The number of nitrogens with zero attached hydrogens (tertiary/aromatic N) is 2. The molecule has 6 nitrogen and oxygen atoms in total. The number of anilines is 1. The molecule has 1 amide bonds. The molecule has 2 heterocycles. The first kappa shape index (κ1) is 27.5. The minimum absolute atomic E-state index is 0.0737. The number of hydrogen-bond acceptors (Lipinski definition) is 6. The number of thiophene rings is 1. The predicted octanol–water partition coefficient (Wildman–Crippen LogP) is 6.90. The van der Waals surface area contributed by atoms with Crippen LogP contribution in [0.5, 0.6) is 5.75 Å². The van der Waals surface area contributed by atoms with Gasteiger partial charge in [-0.15, -0.1) is 11.3 Å². The number of rotatable bonds is 7. The molecule has 4 aromatic rings. The molecule has 0 bridgehead atoms. The highest BCUT2D eigenvalue weighted by atomic mass is 32.2. The molecule has 1 aliphatic rings. The lowest BCUT2D eigenvalue weighted by Crippen LogP contribution is -2.27. The second kappa shape index (κ2) is 11.2. The van der Waals surface area contributed by atoms with Gasteiger partial charge in [0.1, 0.15) is 10.6 Å². The largest absolute Gasteiger partial charge is 0.497 e. The Labute approximate surface area is 237 Å². The maximum absolute atomic E-state index is 14.1. The SMILES string of the molecule is CCc1cccc(NC(=O)CSc2nc3sc4c(c3c(=O)n2-c2ccc(OC)cc2)CC[C@H](C(C)(C)C)C4)c1. The topological polar surface area (TPSA) is 73.2 Å². The molecule has 0 spiro atoms. The first-order valence-electron chi connectivity index (χ1n) is 13.4. The molecule has 0 saturated carbocycles. The summed E-state index contributed by atoms with van der Waals surface area (Å²) in [6.07, 6.45) is 3.84. The number of aryl methyl sites for hydroxylation is 2. The number of fused-ring (bicyclic) bond motifs is 3. The fourth-order valence-corrected chi connectivity index (χ4v) is 7.35. The lowest BCUT2D eigenvalue weighted by atomic mass is 9.72. The van der Waals surface area contributed by atoms with Crippen molar-refractivity contribution in [3.8, 4) is 11.4 Å². The van der Waals surface area contributed by atoms with Crippen LogP contribution in [0.25, 0.3) is 15.9 Å². The molecule has 8 heteroatoms. The maximum atomic E-state index is 14.1. The fraction of sp³-hybridized carbons (Fsp3) is 0.387. The van der Waals surface area contributed by atoms with Crippen LogP contribution in [0.1, 0.15) is 50.1 Å².